The maximum atomic E-state index is 5.88. The molecule has 1 N–H and O–H groups in total. The number of hydrogen-bond acceptors (Lipinski definition) is 3. The van der Waals surface area contributed by atoms with E-state index < -0.39 is 0 Å². The molecule has 0 aliphatic carbocycles. The minimum Gasteiger partial charge on any atom is -0.495 e. The van der Waals surface area contributed by atoms with Crippen LogP contribution in [0.2, 0.25) is 0 Å². The van der Waals surface area contributed by atoms with Crippen molar-refractivity contribution < 1.29 is 4.74 Å². The number of pyridine rings is 1. The quantitative estimate of drug-likeness (QED) is 0.322. The number of anilines is 1. The number of methoxy groups -OCH3 is 1. The van der Waals surface area contributed by atoms with E-state index >= 15 is 0 Å². The molecule has 0 spiro atoms. The molecule has 0 unspecified atom stereocenters. The van der Waals surface area contributed by atoms with Crippen molar-refractivity contribution in [3.63, 3.8) is 0 Å². The van der Waals surface area contributed by atoms with Crippen LogP contribution in [0.5, 0.6) is 5.75 Å². The molecule has 2 atom stereocenters. The van der Waals surface area contributed by atoms with E-state index in [1.54, 1.807) is 7.11 Å². The Morgan fingerprint density at radius 2 is 1.85 bits per heavy atom. The molecule has 1 fully saturated rings. The van der Waals surface area contributed by atoms with Crippen LogP contribution in [0.1, 0.15) is 29.0 Å². The molecule has 0 radical (unpaired) electrons. The van der Waals surface area contributed by atoms with Crippen molar-refractivity contribution in [3.8, 4) is 11.4 Å². The van der Waals surface area contributed by atoms with E-state index in [1.165, 1.54) is 0 Å². The summed E-state index contributed by atoms with van der Waals surface area (Å²) in [4.78, 5) is 6.85. The fourth-order valence-electron chi connectivity index (χ4n) is 4.40. The van der Waals surface area contributed by atoms with Gasteiger partial charge in [0.25, 0.3) is 0 Å². The third-order valence-corrected chi connectivity index (χ3v) is 7.15. The average Bonchev–Trinajstić information content (AvgIpc) is 3.45. The Kier molecular flexibility index (Phi) is 5.91. The second-order valence-electron chi connectivity index (χ2n) is 7.90. The summed E-state index contributed by atoms with van der Waals surface area (Å²) in [6.07, 6.45) is 3.89. The lowest BCUT2D eigenvalue weighted by molar-refractivity contribution is 0.412. The molecule has 4 aromatic rings. The predicted molar refractivity (Wildman–Crippen MR) is 139 cm³/mol. The Morgan fingerprint density at radius 1 is 1.03 bits per heavy atom. The first kappa shape index (κ1) is 21.7. The van der Waals surface area contributed by atoms with E-state index in [-0.39, 0.29) is 12.1 Å². The normalized spacial score (nSPS) is 17.8. The Hall–Kier alpha value is -3.16. The minimum absolute atomic E-state index is 0.118. The van der Waals surface area contributed by atoms with Crippen LogP contribution in [0.3, 0.4) is 0 Å². The molecule has 33 heavy (non-hydrogen) atoms. The first-order valence-electron chi connectivity index (χ1n) is 10.7. The topological polar surface area (TPSA) is 42.3 Å². The van der Waals surface area contributed by atoms with Gasteiger partial charge >= 0.3 is 0 Å². The molecule has 1 saturated heterocycles. The van der Waals surface area contributed by atoms with Gasteiger partial charge in [-0.2, -0.15) is 0 Å². The highest BCUT2D eigenvalue weighted by Crippen LogP contribution is 2.43. The number of nitrogens with one attached hydrogen (secondary N) is 1. The smallest absolute Gasteiger partial charge is 0.174 e. The Balaban J connectivity index is 1.69. The Bertz CT molecular complexity index is 1310. The molecule has 2 aromatic heterocycles. The molecule has 0 bridgehead atoms. The van der Waals surface area contributed by atoms with Gasteiger partial charge < -0.3 is 19.5 Å². The molecule has 5 rings (SSSR count). The van der Waals surface area contributed by atoms with Crippen LogP contribution in [0.25, 0.3) is 5.69 Å². The van der Waals surface area contributed by atoms with Crippen LogP contribution in [0.4, 0.5) is 5.69 Å². The summed E-state index contributed by atoms with van der Waals surface area (Å²) in [5.41, 5.74) is 5.18. The fraction of sp³-hybridized carbons (Fsp3) is 0.154. The largest absolute Gasteiger partial charge is 0.495 e. The van der Waals surface area contributed by atoms with Crippen molar-refractivity contribution in [2.75, 3.05) is 12.0 Å². The SMILES string of the molecule is COc1ccccc1-n1cccc1[C@H]1[C@@H](c2ccccn2)NC(=S)N1c1ccc(Br)c(C)c1. The van der Waals surface area contributed by atoms with Crippen molar-refractivity contribution in [2.24, 2.45) is 0 Å². The number of aromatic nitrogens is 2. The van der Waals surface area contributed by atoms with Gasteiger partial charge in [-0.1, -0.05) is 34.1 Å². The zero-order valence-electron chi connectivity index (χ0n) is 18.3. The highest BCUT2D eigenvalue weighted by Gasteiger charge is 2.42. The number of ether oxygens (including phenoxy) is 1. The van der Waals surface area contributed by atoms with Crippen LogP contribution in [-0.4, -0.2) is 21.8 Å². The van der Waals surface area contributed by atoms with Gasteiger partial charge in [-0.15, -0.1) is 0 Å². The Morgan fingerprint density at radius 3 is 2.61 bits per heavy atom. The van der Waals surface area contributed by atoms with E-state index in [4.69, 9.17) is 17.0 Å². The van der Waals surface area contributed by atoms with Crippen molar-refractivity contribution >= 4 is 38.9 Å². The maximum Gasteiger partial charge on any atom is 0.174 e. The van der Waals surface area contributed by atoms with Crippen LogP contribution in [0.15, 0.2) is 89.7 Å². The second kappa shape index (κ2) is 9.00. The zero-order chi connectivity index (χ0) is 22.9. The van der Waals surface area contributed by atoms with Gasteiger partial charge in [-0.3, -0.25) is 4.98 Å². The molecule has 1 aliphatic heterocycles. The number of benzene rings is 2. The van der Waals surface area contributed by atoms with Gasteiger partial charge in [0.05, 0.1) is 24.5 Å². The van der Waals surface area contributed by atoms with Crippen molar-refractivity contribution in [2.45, 2.75) is 19.0 Å². The van der Waals surface area contributed by atoms with Gasteiger partial charge in [0.15, 0.2) is 5.11 Å². The highest BCUT2D eigenvalue weighted by atomic mass is 79.9. The molecule has 166 valence electrons. The van der Waals surface area contributed by atoms with Crippen LogP contribution in [-0.2, 0) is 0 Å². The summed E-state index contributed by atoms with van der Waals surface area (Å²) in [6, 6.07) is 24.3. The number of para-hydroxylation sites is 2. The lowest BCUT2D eigenvalue weighted by Crippen LogP contribution is -2.30. The standard InChI is InChI=1S/C26H23BrN4OS/c1-17-16-18(12-13-19(17)27)31-25(24(29-26(31)33)20-8-5-6-14-28-20)22-10-7-15-30(22)21-9-3-4-11-23(21)32-2/h3-16,24-25H,1-2H3,(H,29,33)/t24-,25+/m1/s1. The van der Waals surface area contributed by atoms with Gasteiger partial charge in [-0.25, -0.2) is 0 Å². The number of thiocarbonyl (C=S) groups is 1. The van der Waals surface area contributed by atoms with Gasteiger partial charge in [0.2, 0.25) is 0 Å². The van der Waals surface area contributed by atoms with Crippen LogP contribution >= 0.6 is 28.1 Å². The summed E-state index contributed by atoms with van der Waals surface area (Å²) in [5.74, 6) is 0.809. The molecule has 1 aliphatic rings. The maximum absolute atomic E-state index is 5.88. The van der Waals surface area contributed by atoms with Crippen molar-refractivity contribution in [1.29, 1.82) is 0 Å². The highest BCUT2D eigenvalue weighted by molar-refractivity contribution is 9.10. The van der Waals surface area contributed by atoms with E-state index in [1.807, 2.05) is 42.6 Å². The van der Waals surface area contributed by atoms with E-state index in [2.05, 4.69) is 85.2 Å². The third-order valence-electron chi connectivity index (χ3n) is 5.95. The monoisotopic (exact) mass is 518 g/mol. The number of halogens is 1. The van der Waals surface area contributed by atoms with Gasteiger partial charge in [-0.05, 0) is 79.3 Å². The van der Waals surface area contributed by atoms with Crippen molar-refractivity contribution in [3.05, 3.63) is 107 Å². The molecule has 3 heterocycles. The molecule has 2 aromatic carbocycles. The predicted octanol–water partition coefficient (Wildman–Crippen LogP) is 6.13. The molecular formula is C26H23BrN4OS. The number of hydrogen-bond donors (Lipinski definition) is 1. The van der Waals surface area contributed by atoms with E-state index in [0.717, 1.165) is 38.5 Å². The summed E-state index contributed by atoms with van der Waals surface area (Å²) >= 11 is 9.50. The number of rotatable bonds is 5. The van der Waals surface area contributed by atoms with Gasteiger partial charge in [0.1, 0.15) is 11.8 Å². The third kappa shape index (κ3) is 3.92. The minimum atomic E-state index is -0.119. The average molecular weight is 519 g/mol. The zero-order valence-corrected chi connectivity index (χ0v) is 20.7. The van der Waals surface area contributed by atoms with Crippen molar-refractivity contribution in [1.82, 2.24) is 14.9 Å². The Labute approximate surface area is 207 Å². The molecule has 0 amide bonds. The van der Waals surface area contributed by atoms with E-state index in [0.29, 0.717) is 5.11 Å². The summed E-state index contributed by atoms with van der Waals surface area (Å²) in [7, 11) is 1.70. The number of nitrogens with zero attached hydrogens (tertiary/aromatic N) is 3. The lowest BCUT2D eigenvalue weighted by atomic mass is 10.0. The molecule has 7 heteroatoms. The lowest BCUT2D eigenvalue weighted by Gasteiger charge is -2.29. The summed E-state index contributed by atoms with van der Waals surface area (Å²) < 4.78 is 8.91. The summed E-state index contributed by atoms with van der Waals surface area (Å²) in [5, 5.41) is 4.21. The molecule has 0 saturated carbocycles. The summed E-state index contributed by atoms with van der Waals surface area (Å²) in [6.45, 7) is 2.09. The van der Waals surface area contributed by atoms with E-state index in [9.17, 15) is 0 Å². The second-order valence-corrected chi connectivity index (χ2v) is 9.15. The van der Waals surface area contributed by atoms with Crippen LogP contribution < -0.4 is 15.0 Å². The first-order valence-corrected chi connectivity index (χ1v) is 11.9. The fourth-order valence-corrected chi connectivity index (χ4v) is 4.99. The number of aryl methyl sites for hydroxylation is 1. The first-order chi connectivity index (χ1) is 16.1. The molecular weight excluding hydrogens is 496 g/mol. The van der Waals surface area contributed by atoms with Gasteiger partial charge in [0, 0.05) is 28.2 Å². The van der Waals surface area contributed by atoms with Crippen LogP contribution in [0, 0.1) is 6.92 Å². The molecule has 5 nitrogen and oxygen atoms in total.